The second kappa shape index (κ2) is 9.40. The first-order valence-electron chi connectivity index (χ1n) is 10.7. The number of piperidine rings is 1. The topological polar surface area (TPSA) is 75.7 Å². The van der Waals surface area contributed by atoms with Crippen LogP contribution in [0.4, 0.5) is 0 Å². The molecule has 1 saturated heterocycles. The highest BCUT2D eigenvalue weighted by Gasteiger charge is 2.31. The Kier molecular flexibility index (Phi) is 7.06. The van der Waals surface area contributed by atoms with Gasteiger partial charge in [-0.1, -0.05) is 29.8 Å². The Balaban J connectivity index is 1.54. The van der Waals surface area contributed by atoms with Crippen LogP contribution in [0.1, 0.15) is 40.7 Å². The van der Waals surface area contributed by atoms with Gasteiger partial charge in [-0.15, -0.1) is 0 Å². The molecule has 31 heavy (non-hydrogen) atoms. The molecule has 0 spiro atoms. The van der Waals surface area contributed by atoms with Gasteiger partial charge in [-0.3, -0.25) is 4.79 Å². The van der Waals surface area contributed by atoms with E-state index >= 15 is 0 Å². The number of sulfonamides is 1. The molecule has 1 amide bonds. The quantitative estimate of drug-likeness (QED) is 0.739. The fraction of sp³-hybridized carbons (Fsp3) is 0.458. The smallest absolute Gasteiger partial charge is 0.258 e. The Hall–Kier alpha value is -2.38. The van der Waals surface area contributed by atoms with E-state index in [2.05, 4.69) is 5.32 Å². The van der Waals surface area contributed by atoms with E-state index in [0.717, 1.165) is 33.6 Å². The average molecular weight is 445 g/mol. The van der Waals surface area contributed by atoms with Crippen LogP contribution in [-0.4, -0.2) is 44.4 Å². The summed E-state index contributed by atoms with van der Waals surface area (Å²) in [7, 11) is -3.53. The SMILES string of the molecule is Cc1ccc(S(=O)(=O)N2CCC(NC(=O)COc3c(C)ccc(C)c3C)CC2)c(C)c1. The van der Waals surface area contributed by atoms with E-state index < -0.39 is 10.0 Å². The maximum Gasteiger partial charge on any atom is 0.258 e. The molecule has 2 aromatic carbocycles. The third-order valence-electron chi connectivity index (χ3n) is 5.99. The monoisotopic (exact) mass is 444 g/mol. The Labute approximate surface area is 185 Å². The summed E-state index contributed by atoms with van der Waals surface area (Å²) in [6.45, 7) is 10.5. The molecule has 1 aliphatic heterocycles. The summed E-state index contributed by atoms with van der Waals surface area (Å²) in [6, 6.07) is 9.36. The molecule has 0 unspecified atom stereocenters. The van der Waals surface area contributed by atoms with Crippen LogP contribution in [0.3, 0.4) is 0 Å². The molecule has 168 valence electrons. The summed E-state index contributed by atoms with van der Waals surface area (Å²) >= 11 is 0. The Morgan fingerprint density at radius 1 is 1.00 bits per heavy atom. The first-order valence-corrected chi connectivity index (χ1v) is 12.1. The minimum absolute atomic E-state index is 0.0494. The lowest BCUT2D eigenvalue weighted by Gasteiger charge is -2.32. The van der Waals surface area contributed by atoms with Crippen LogP contribution < -0.4 is 10.1 Å². The number of ether oxygens (including phenoxy) is 1. The number of carbonyl (C=O) groups is 1. The van der Waals surface area contributed by atoms with Crippen molar-refractivity contribution < 1.29 is 17.9 Å². The van der Waals surface area contributed by atoms with Gasteiger partial charge in [-0.25, -0.2) is 8.42 Å². The minimum atomic E-state index is -3.53. The predicted octanol–water partition coefficient (Wildman–Crippen LogP) is 3.58. The number of amides is 1. The van der Waals surface area contributed by atoms with Gasteiger partial charge in [0.1, 0.15) is 5.75 Å². The third kappa shape index (κ3) is 5.28. The molecule has 1 aliphatic rings. The normalized spacial score (nSPS) is 15.6. The Bertz CT molecular complexity index is 1070. The maximum absolute atomic E-state index is 13.0. The van der Waals surface area contributed by atoms with Gasteiger partial charge in [0.2, 0.25) is 10.0 Å². The highest BCUT2D eigenvalue weighted by molar-refractivity contribution is 7.89. The minimum Gasteiger partial charge on any atom is -0.483 e. The van der Waals surface area contributed by atoms with Crippen LogP contribution in [-0.2, 0) is 14.8 Å². The van der Waals surface area contributed by atoms with Gasteiger partial charge in [0.15, 0.2) is 6.61 Å². The van der Waals surface area contributed by atoms with Crippen LogP contribution >= 0.6 is 0 Å². The summed E-state index contributed by atoms with van der Waals surface area (Å²) in [4.78, 5) is 12.8. The lowest BCUT2D eigenvalue weighted by Crippen LogP contribution is -2.47. The van der Waals surface area contributed by atoms with Crippen molar-refractivity contribution in [3.8, 4) is 5.75 Å². The van der Waals surface area contributed by atoms with E-state index in [0.29, 0.717) is 30.8 Å². The highest BCUT2D eigenvalue weighted by atomic mass is 32.2. The Morgan fingerprint density at radius 3 is 2.29 bits per heavy atom. The molecule has 7 heteroatoms. The van der Waals surface area contributed by atoms with Gasteiger partial charge in [0.05, 0.1) is 4.90 Å². The van der Waals surface area contributed by atoms with Gasteiger partial charge in [0.25, 0.3) is 5.91 Å². The molecule has 0 bridgehead atoms. The number of aryl methyl sites for hydroxylation is 4. The first kappa shape index (κ1) is 23.3. The molecule has 1 heterocycles. The molecular weight excluding hydrogens is 412 g/mol. The summed E-state index contributed by atoms with van der Waals surface area (Å²) in [5, 5.41) is 2.99. The van der Waals surface area contributed by atoms with Crippen molar-refractivity contribution in [1.29, 1.82) is 0 Å². The van der Waals surface area contributed by atoms with Crippen molar-refractivity contribution in [3.05, 3.63) is 58.1 Å². The fourth-order valence-corrected chi connectivity index (χ4v) is 5.70. The van der Waals surface area contributed by atoms with Crippen molar-refractivity contribution in [2.75, 3.05) is 19.7 Å². The van der Waals surface area contributed by atoms with Crippen LogP contribution in [0.25, 0.3) is 0 Å². The number of carbonyl (C=O) groups excluding carboxylic acids is 1. The number of hydrogen-bond donors (Lipinski definition) is 1. The van der Waals surface area contributed by atoms with Crippen LogP contribution in [0.15, 0.2) is 35.2 Å². The molecule has 1 N–H and O–H groups in total. The van der Waals surface area contributed by atoms with Crippen LogP contribution in [0, 0.1) is 34.6 Å². The number of rotatable bonds is 6. The zero-order valence-corrected chi connectivity index (χ0v) is 19.8. The molecule has 0 radical (unpaired) electrons. The molecule has 0 saturated carbocycles. The standard InChI is InChI=1S/C24H32N2O4S/c1-16-6-9-22(19(4)14-16)31(28,29)26-12-10-21(11-13-26)25-23(27)15-30-24-18(3)8-7-17(2)20(24)5/h6-9,14,21H,10-13,15H2,1-5H3,(H,25,27). The van der Waals surface area contributed by atoms with Crippen molar-refractivity contribution >= 4 is 15.9 Å². The summed E-state index contributed by atoms with van der Waals surface area (Å²) in [5.41, 5.74) is 4.96. The molecule has 2 aromatic rings. The highest BCUT2D eigenvalue weighted by Crippen LogP contribution is 2.26. The predicted molar refractivity (Wildman–Crippen MR) is 122 cm³/mol. The van der Waals surface area contributed by atoms with Crippen molar-refractivity contribution in [3.63, 3.8) is 0 Å². The summed E-state index contributed by atoms with van der Waals surface area (Å²) in [6.07, 6.45) is 1.16. The maximum atomic E-state index is 13.0. The van der Waals surface area contributed by atoms with Gasteiger partial charge in [-0.2, -0.15) is 4.31 Å². The van der Waals surface area contributed by atoms with E-state index in [9.17, 15) is 13.2 Å². The zero-order valence-electron chi connectivity index (χ0n) is 19.0. The largest absolute Gasteiger partial charge is 0.483 e. The lowest BCUT2D eigenvalue weighted by molar-refractivity contribution is -0.124. The number of benzene rings is 2. The van der Waals surface area contributed by atoms with E-state index in [1.807, 2.05) is 58.9 Å². The van der Waals surface area contributed by atoms with E-state index in [4.69, 9.17) is 4.74 Å². The number of nitrogens with zero attached hydrogens (tertiary/aromatic N) is 1. The molecule has 0 aliphatic carbocycles. The van der Waals surface area contributed by atoms with Crippen molar-refractivity contribution in [1.82, 2.24) is 9.62 Å². The van der Waals surface area contributed by atoms with Crippen molar-refractivity contribution in [2.24, 2.45) is 0 Å². The number of nitrogens with one attached hydrogen (secondary N) is 1. The van der Waals surface area contributed by atoms with Gasteiger partial charge in [-0.05, 0) is 75.8 Å². The molecule has 6 nitrogen and oxygen atoms in total. The average Bonchev–Trinajstić information content (AvgIpc) is 2.71. The van der Waals surface area contributed by atoms with Gasteiger partial charge < -0.3 is 10.1 Å². The fourth-order valence-electron chi connectivity index (χ4n) is 4.02. The summed E-state index contributed by atoms with van der Waals surface area (Å²) in [5.74, 6) is 0.570. The first-order chi connectivity index (χ1) is 14.6. The van der Waals surface area contributed by atoms with Crippen LogP contribution in [0.2, 0.25) is 0 Å². The van der Waals surface area contributed by atoms with E-state index in [1.54, 1.807) is 6.07 Å². The zero-order chi connectivity index (χ0) is 22.8. The second-order valence-corrected chi connectivity index (χ2v) is 10.4. The third-order valence-corrected chi connectivity index (χ3v) is 8.05. The van der Waals surface area contributed by atoms with Crippen LogP contribution in [0.5, 0.6) is 5.75 Å². The number of hydrogen-bond acceptors (Lipinski definition) is 4. The van der Waals surface area contributed by atoms with E-state index in [1.165, 1.54) is 4.31 Å². The molecule has 1 fully saturated rings. The second-order valence-electron chi connectivity index (χ2n) is 8.46. The molecule has 3 rings (SSSR count). The van der Waals surface area contributed by atoms with Crippen molar-refractivity contribution in [2.45, 2.75) is 58.4 Å². The van der Waals surface area contributed by atoms with Gasteiger partial charge >= 0.3 is 0 Å². The Morgan fingerprint density at radius 2 is 1.65 bits per heavy atom. The molecular formula is C24H32N2O4S. The van der Waals surface area contributed by atoms with Gasteiger partial charge in [0, 0.05) is 19.1 Å². The lowest BCUT2D eigenvalue weighted by atomic mass is 10.1. The molecule has 0 atom stereocenters. The van der Waals surface area contributed by atoms with E-state index in [-0.39, 0.29) is 18.6 Å². The summed E-state index contributed by atoms with van der Waals surface area (Å²) < 4.78 is 33.3. The molecule has 0 aromatic heterocycles.